The summed E-state index contributed by atoms with van der Waals surface area (Å²) in [6.07, 6.45) is 3.64. The number of pyridine rings is 1. The Morgan fingerprint density at radius 3 is 3.10 bits per heavy atom. The van der Waals surface area contributed by atoms with Crippen LogP contribution in [0.4, 0.5) is 0 Å². The van der Waals surface area contributed by atoms with E-state index in [0.29, 0.717) is 22.8 Å². The van der Waals surface area contributed by atoms with Gasteiger partial charge in [0, 0.05) is 18.7 Å². The number of hydrogen-bond acceptors (Lipinski definition) is 5. The first-order valence-corrected chi connectivity index (χ1v) is 6.78. The van der Waals surface area contributed by atoms with Crippen LogP contribution >= 0.6 is 11.6 Å². The second-order valence-corrected chi connectivity index (χ2v) is 5.14. The zero-order valence-corrected chi connectivity index (χ0v) is 11.8. The second-order valence-electron chi connectivity index (χ2n) is 4.73. The third-order valence-corrected chi connectivity index (χ3v) is 3.71. The van der Waals surface area contributed by atoms with Gasteiger partial charge in [-0.3, -0.25) is 4.40 Å². The van der Waals surface area contributed by atoms with Gasteiger partial charge in [0.2, 0.25) is 0 Å². The van der Waals surface area contributed by atoms with Crippen molar-refractivity contribution in [2.24, 2.45) is 0 Å². The fourth-order valence-electron chi connectivity index (χ4n) is 2.42. The average molecular weight is 296 g/mol. The van der Waals surface area contributed by atoms with E-state index in [1.165, 1.54) is 7.11 Å². The highest BCUT2D eigenvalue weighted by Gasteiger charge is 2.23. The van der Waals surface area contributed by atoms with Crippen molar-refractivity contribution in [3.05, 3.63) is 28.7 Å². The van der Waals surface area contributed by atoms with Gasteiger partial charge < -0.3 is 9.47 Å². The lowest BCUT2D eigenvalue weighted by Gasteiger charge is -2.20. The summed E-state index contributed by atoms with van der Waals surface area (Å²) in [4.78, 5) is 11.7. The molecule has 7 heteroatoms. The molecule has 1 saturated heterocycles. The monoisotopic (exact) mass is 295 g/mol. The van der Waals surface area contributed by atoms with E-state index in [4.69, 9.17) is 21.1 Å². The highest BCUT2D eigenvalue weighted by atomic mass is 35.5. The van der Waals surface area contributed by atoms with E-state index in [1.54, 1.807) is 16.7 Å². The lowest BCUT2D eigenvalue weighted by atomic mass is 10.0. The number of esters is 1. The normalized spacial score (nSPS) is 19.2. The molecule has 20 heavy (non-hydrogen) atoms. The molecule has 3 rings (SSSR count). The maximum atomic E-state index is 11.7. The number of hydrogen-bond donors (Lipinski definition) is 0. The van der Waals surface area contributed by atoms with Crippen LogP contribution in [0.1, 0.15) is 34.9 Å². The first kappa shape index (κ1) is 13.3. The number of halogens is 1. The van der Waals surface area contributed by atoms with Crippen molar-refractivity contribution in [3.63, 3.8) is 0 Å². The molecular weight excluding hydrogens is 282 g/mol. The molecular formula is C13H14ClN3O3. The van der Waals surface area contributed by atoms with Crippen LogP contribution in [0.2, 0.25) is 5.02 Å². The third-order valence-electron chi connectivity index (χ3n) is 3.43. The second kappa shape index (κ2) is 5.38. The van der Waals surface area contributed by atoms with Crippen LogP contribution in [0.25, 0.3) is 5.65 Å². The first-order chi connectivity index (χ1) is 9.70. The molecule has 1 fully saturated rings. The van der Waals surface area contributed by atoms with E-state index in [2.05, 4.69) is 10.2 Å². The first-order valence-electron chi connectivity index (χ1n) is 6.41. The number of fused-ring (bicyclic) bond motifs is 1. The number of rotatable bonds is 2. The van der Waals surface area contributed by atoms with Crippen LogP contribution in [0.5, 0.6) is 0 Å². The molecule has 0 spiro atoms. The van der Waals surface area contributed by atoms with Crippen molar-refractivity contribution in [1.29, 1.82) is 0 Å². The quantitative estimate of drug-likeness (QED) is 0.794. The van der Waals surface area contributed by atoms with Gasteiger partial charge in [0.25, 0.3) is 0 Å². The maximum absolute atomic E-state index is 11.7. The van der Waals surface area contributed by atoms with E-state index in [0.717, 1.165) is 25.3 Å². The molecule has 1 atom stereocenters. The smallest absolute Gasteiger partial charge is 0.339 e. The van der Waals surface area contributed by atoms with Crippen molar-refractivity contribution >= 4 is 23.2 Å². The molecule has 0 aromatic carbocycles. The van der Waals surface area contributed by atoms with Crippen molar-refractivity contribution < 1.29 is 14.3 Å². The van der Waals surface area contributed by atoms with Gasteiger partial charge in [0.1, 0.15) is 5.82 Å². The van der Waals surface area contributed by atoms with Gasteiger partial charge in [-0.25, -0.2) is 4.79 Å². The Hall–Kier alpha value is -1.66. The van der Waals surface area contributed by atoms with Crippen molar-refractivity contribution in [1.82, 2.24) is 14.6 Å². The standard InChI is InChI=1S/C13H14ClN3O3/c1-19-13(18)9-5-10(14)12-16-15-11(17(12)6-9)8-3-2-4-20-7-8/h5-6,8H,2-4,7H2,1H3. The lowest BCUT2D eigenvalue weighted by Crippen LogP contribution is -2.18. The molecule has 6 nitrogen and oxygen atoms in total. The highest BCUT2D eigenvalue weighted by molar-refractivity contribution is 6.33. The minimum atomic E-state index is -0.437. The molecule has 1 unspecified atom stereocenters. The number of ether oxygens (including phenoxy) is 2. The van der Waals surface area contributed by atoms with Gasteiger partial charge in [-0.15, -0.1) is 10.2 Å². The van der Waals surface area contributed by atoms with Crippen LogP contribution in [0.15, 0.2) is 12.3 Å². The Balaban J connectivity index is 2.09. The molecule has 1 aliphatic rings. The van der Waals surface area contributed by atoms with Crippen molar-refractivity contribution in [3.8, 4) is 0 Å². The van der Waals surface area contributed by atoms with Crippen LogP contribution in [-0.4, -0.2) is 40.9 Å². The fourth-order valence-corrected chi connectivity index (χ4v) is 2.67. The van der Waals surface area contributed by atoms with Gasteiger partial charge >= 0.3 is 5.97 Å². The molecule has 0 amide bonds. The molecule has 0 aliphatic carbocycles. The molecule has 0 bridgehead atoms. The summed E-state index contributed by atoms with van der Waals surface area (Å²) in [5.74, 6) is 0.503. The summed E-state index contributed by atoms with van der Waals surface area (Å²) in [5.41, 5.74) is 0.919. The lowest BCUT2D eigenvalue weighted by molar-refractivity contribution is 0.0600. The Morgan fingerprint density at radius 1 is 1.55 bits per heavy atom. The van der Waals surface area contributed by atoms with E-state index in [9.17, 15) is 4.79 Å². The Morgan fingerprint density at radius 2 is 2.40 bits per heavy atom. The number of carbonyl (C=O) groups is 1. The summed E-state index contributed by atoms with van der Waals surface area (Å²) in [5, 5.41) is 8.67. The Labute approximate surface area is 120 Å². The Bertz CT molecular complexity index is 650. The highest BCUT2D eigenvalue weighted by Crippen LogP contribution is 2.27. The fraction of sp³-hybridized carbons (Fsp3) is 0.462. The number of nitrogens with zero attached hydrogens (tertiary/aromatic N) is 3. The van der Waals surface area contributed by atoms with Gasteiger partial charge in [0.05, 0.1) is 24.3 Å². The number of carbonyl (C=O) groups excluding carboxylic acids is 1. The largest absolute Gasteiger partial charge is 0.465 e. The van der Waals surface area contributed by atoms with Crippen LogP contribution < -0.4 is 0 Å². The third kappa shape index (κ3) is 2.25. The van der Waals surface area contributed by atoms with Gasteiger partial charge in [0.15, 0.2) is 5.65 Å². The molecule has 3 heterocycles. The van der Waals surface area contributed by atoms with E-state index >= 15 is 0 Å². The maximum Gasteiger partial charge on any atom is 0.339 e. The summed E-state index contributed by atoms with van der Waals surface area (Å²) in [7, 11) is 1.34. The predicted molar refractivity (Wildman–Crippen MR) is 72.1 cm³/mol. The predicted octanol–water partition coefficient (Wildman–Crippen LogP) is 2.06. The molecule has 0 saturated carbocycles. The molecule has 2 aromatic rings. The molecule has 106 valence electrons. The van der Waals surface area contributed by atoms with Crippen LogP contribution in [0, 0.1) is 0 Å². The number of methoxy groups -OCH3 is 1. The summed E-state index contributed by atoms with van der Waals surface area (Å²) in [6, 6.07) is 1.54. The van der Waals surface area contributed by atoms with E-state index in [1.807, 2.05) is 0 Å². The minimum absolute atomic E-state index is 0.169. The zero-order chi connectivity index (χ0) is 14.1. The van der Waals surface area contributed by atoms with Crippen LogP contribution in [0.3, 0.4) is 0 Å². The summed E-state index contributed by atoms with van der Waals surface area (Å²) in [6.45, 7) is 1.39. The summed E-state index contributed by atoms with van der Waals surface area (Å²) >= 11 is 6.15. The molecule has 0 radical (unpaired) electrons. The van der Waals surface area contributed by atoms with Crippen LogP contribution in [-0.2, 0) is 9.47 Å². The number of aromatic nitrogens is 3. The molecule has 1 aliphatic heterocycles. The van der Waals surface area contributed by atoms with E-state index < -0.39 is 5.97 Å². The summed E-state index contributed by atoms with van der Waals surface area (Å²) < 4.78 is 12.0. The minimum Gasteiger partial charge on any atom is -0.465 e. The molecule has 2 aromatic heterocycles. The van der Waals surface area contributed by atoms with Gasteiger partial charge in [-0.05, 0) is 18.9 Å². The topological polar surface area (TPSA) is 65.7 Å². The Kier molecular flexibility index (Phi) is 3.58. The SMILES string of the molecule is COC(=O)c1cc(Cl)c2nnc(C3CCCOC3)n2c1. The van der Waals surface area contributed by atoms with Gasteiger partial charge in [-0.1, -0.05) is 11.6 Å². The molecule has 0 N–H and O–H groups in total. The van der Waals surface area contributed by atoms with Crippen molar-refractivity contribution in [2.45, 2.75) is 18.8 Å². The average Bonchev–Trinajstić information content (AvgIpc) is 2.91. The van der Waals surface area contributed by atoms with E-state index in [-0.39, 0.29) is 5.92 Å². The zero-order valence-electron chi connectivity index (χ0n) is 11.0. The van der Waals surface area contributed by atoms with Gasteiger partial charge in [-0.2, -0.15) is 0 Å². The van der Waals surface area contributed by atoms with Crippen molar-refractivity contribution in [2.75, 3.05) is 20.3 Å².